The minimum Gasteiger partial charge on any atom is -0.484 e. The van der Waals surface area contributed by atoms with E-state index in [4.69, 9.17) is 20.8 Å². The van der Waals surface area contributed by atoms with Crippen molar-refractivity contribution in [2.75, 3.05) is 13.1 Å². The zero-order valence-electron chi connectivity index (χ0n) is 13.0. The summed E-state index contributed by atoms with van der Waals surface area (Å²) < 4.78 is 11.3. The molecule has 0 saturated carbocycles. The molecule has 0 spiro atoms. The lowest BCUT2D eigenvalue weighted by Gasteiger charge is -2.18. The van der Waals surface area contributed by atoms with Crippen LogP contribution in [0, 0.1) is 0 Å². The van der Waals surface area contributed by atoms with Crippen molar-refractivity contribution in [1.82, 2.24) is 4.90 Å². The molecular weight excluding hydrogens is 314 g/mol. The molecule has 0 bridgehead atoms. The van der Waals surface area contributed by atoms with E-state index in [1.807, 2.05) is 17.0 Å². The highest BCUT2D eigenvalue weighted by molar-refractivity contribution is 6.32. The van der Waals surface area contributed by atoms with Crippen LogP contribution in [-0.2, 0) is 6.61 Å². The zero-order valence-corrected chi connectivity index (χ0v) is 13.7. The lowest BCUT2D eigenvalue weighted by molar-refractivity contribution is 0.0725. The molecule has 0 radical (unpaired) electrons. The molecule has 0 unspecified atom stereocenters. The summed E-state index contributed by atoms with van der Waals surface area (Å²) in [5, 5.41) is 0.555. The fourth-order valence-corrected chi connectivity index (χ4v) is 2.90. The summed E-state index contributed by atoms with van der Waals surface area (Å²) in [6.45, 7) is 1.87. The molecule has 1 amide bonds. The van der Waals surface area contributed by atoms with Crippen molar-refractivity contribution in [2.24, 2.45) is 0 Å². The van der Waals surface area contributed by atoms with E-state index < -0.39 is 0 Å². The van der Waals surface area contributed by atoms with Crippen molar-refractivity contribution in [3.63, 3.8) is 0 Å². The van der Waals surface area contributed by atoms with Gasteiger partial charge in [-0.25, -0.2) is 0 Å². The largest absolute Gasteiger partial charge is 0.484 e. The fourth-order valence-electron chi connectivity index (χ4n) is 2.71. The van der Waals surface area contributed by atoms with Gasteiger partial charge in [0.1, 0.15) is 18.1 Å². The number of benzene rings is 1. The minimum absolute atomic E-state index is 0.0316. The van der Waals surface area contributed by atoms with Gasteiger partial charge in [0, 0.05) is 13.1 Å². The molecule has 23 heavy (non-hydrogen) atoms. The SMILES string of the molecule is O=C(c1ccc(COc2ccccc2Cl)o1)N1CCCCCC1. The molecule has 3 rings (SSSR count). The molecule has 5 heteroatoms. The zero-order chi connectivity index (χ0) is 16.1. The summed E-state index contributed by atoms with van der Waals surface area (Å²) in [6.07, 6.45) is 4.52. The maximum absolute atomic E-state index is 12.5. The number of amides is 1. The van der Waals surface area contributed by atoms with Gasteiger partial charge in [-0.1, -0.05) is 36.6 Å². The van der Waals surface area contributed by atoms with Gasteiger partial charge in [-0.2, -0.15) is 0 Å². The van der Waals surface area contributed by atoms with Crippen LogP contribution in [0.4, 0.5) is 0 Å². The van der Waals surface area contributed by atoms with Crippen molar-refractivity contribution < 1.29 is 13.9 Å². The Morgan fingerprint density at radius 3 is 2.57 bits per heavy atom. The van der Waals surface area contributed by atoms with Gasteiger partial charge in [0.2, 0.25) is 0 Å². The summed E-state index contributed by atoms with van der Waals surface area (Å²) in [7, 11) is 0. The number of rotatable bonds is 4. The second-order valence-electron chi connectivity index (χ2n) is 5.69. The lowest BCUT2D eigenvalue weighted by Crippen LogP contribution is -2.31. The average molecular weight is 334 g/mol. The Morgan fingerprint density at radius 1 is 1.09 bits per heavy atom. The Hall–Kier alpha value is -1.94. The Kier molecular flexibility index (Phi) is 5.23. The number of likely N-dealkylation sites (tertiary alicyclic amines) is 1. The number of hydrogen-bond donors (Lipinski definition) is 0. The second kappa shape index (κ2) is 7.55. The number of nitrogens with zero attached hydrogens (tertiary/aromatic N) is 1. The van der Waals surface area contributed by atoms with Gasteiger partial charge in [-0.3, -0.25) is 4.79 Å². The molecule has 0 N–H and O–H groups in total. The van der Waals surface area contributed by atoms with Crippen molar-refractivity contribution in [3.05, 3.63) is 52.9 Å². The highest BCUT2D eigenvalue weighted by Gasteiger charge is 2.20. The van der Waals surface area contributed by atoms with Gasteiger partial charge in [0.05, 0.1) is 5.02 Å². The van der Waals surface area contributed by atoms with Crippen LogP contribution in [0.25, 0.3) is 0 Å². The quantitative estimate of drug-likeness (QED) is 0.825. The number of carbonyl (C=O) groups is 1. The third-order valence-corrected chi connectivity index (χ3v) is 4.28. The smallest absolute Gasteiger partial charge is 0.289 e. The molecule has 122 valence electrons. The van der Waals surface area contributed by atoms with Crippen LogP contribution in [0.5, 0.6) is 5.75 Å². The van der Waals surface area contributed by atoms with Gasteiger partial charge in [0.15, 0.2) is 5.76 Å². The minimum atomic E-state index is -0.0316. The summed E-state index contributed by atoms with van der Waals surface area (Å²) in [4.78, 5) is 14.3. The van der Waals surface area contributed by atoms with E-state index in [-0.39, 0.29) is 12.5 Å². The highest BCUT2D eigenvalue weighted by Crippen LogP contribution is 2.24. The molecule has 0 aliphatic carbocycles. The van der Waals surface area contributed by atoms with Crippen LogP contribution >= 0.6 is 11.6 Å². The molecule has 1 fully saturated rings. The van der Waals surface area contributed by atoms with E-state index in [1.165, 1.54) is 12.8 Å². The van der Waals surface area contributed by atoms with Gasteiger partial charge in [-0.05, 0) is 37.1 Å². The molecule has 1 aromatic carbocycles. The normalized spacial score (nSPS) is 15.3. The Labute approximate surface area is 141 Å². The third-order valence-electron chi connectivity index (χ3n) is 3.97. The standard InChI is InChI=1S/C18H20ClNO3/c19-15-7-3-4-8-16(15)22-13-14-9-10-17(23-14)18(21)20-11-5-1-2-6-12-20/h3-4,7-10H,1-2,5-6,11-13H2. The number of ether oxygens (including phenoxy) is 1. The summed E-state index contributed by atoms with van der Waals surface area (Å²) in [5.41, 5.74) is 0. The van der Waals surface area contributed by atoms with E-state index in [0.717, 1.165) is 25.9 Å². The molecule has 1 aromatic heterocycles. The van der Waals surface area contributed by atoms with Crippen molar-refractivity contribution >= 4 is 17.5 Å². The lowest BCUT2D eigenvalue weighted by atomic mass is 10.2. The summed E-state index contributed by atoms with van der Waals surface area (Å²) in [5.74, 6) is 1.56. The van der Waals surface area contributed by atoms with Crippen LogP contribution in [0.1, 0.15) is 42.0 Å². The van der Waals surface area contributed by atoms with Crippen molar-refractivity contribution in [3.8, 4) is 5.75 Å². The monoisotopic (exact) mass is 333 g/mol. The van der Waals surface area contributed by atoms with Crippen LogP contribution in [0.15, 0.2) is 40.8 Å². The number of furan rings is 1. The summed E-state index contributed by atoms with van der Waals surface area (Å²) >= 11 is 6.05. The summed E-state index contributed by atoms with van der Waals surface area (Å²) in [6, 6.07) is 10.8. The predicted octanol–water partition coefficient (Wildman–Crippen LogP) is 4.53. The number of para-hydroxylation sites is 1. The maximum Gasteiger partial charge on any atom is 0.289 e. The van der Waals surface area contributed by atoms with Crippen molar-refractivity contribution in [1.29, 1.82) is 0 Å². The topological polar surface area (TPSA) is 42.7 Å². The van der Waals surface area contributed by atoms with E-state index in [9.17, 15) is 4.79 Å². The number of hydrogen-bond acceptors (Lipinski definition) is 3. The predicted molar refractivity (Wildman–Crippen MR) is 88.9 cm³/mol. The third kappa shape index (κ3) is 4.08. The molecule has 0 atom stereocenters. The molecule has 4 nitrogen and oxygen atoms in total. The van der Waals surface area contributed by atoms with Crippen LogP contribution in [0.3, 0.4) is 0 Å². The first kappa shape index (κ1) is 15.9. The van der Waals surface area contributed by atoms with Crippen molar-refractivity contribution in [2.45, 2.75) is 32.3 Å². The van der Waals surface area contributed by atoms with Gasteiger partial charge < -0.3 is 14.1 Å². The molecule has 1 aliphatic heterocycles. The van der Waals surface area contributed by atoms with Gasteiger partial charge in [-0.15, -0.1) is 0 Å². The fraction of sp³-hybridized carbons (Fsp3) is 0.389. The van der Waals surface area contributed by atoms with E-state index >= 15 is 0 Å². The first-order valence-corrected chi connectivity index (χ1v) is 8.37. The van der Waals surface area contributed by atoms with Crippen LogP contribution < -0.4 is 4.74 Å². The Balaban J connectivity index is 1.61. The maximum atomic E-state index is 12.5. The number of carbonyl (C=O) groups excluding carboxylic acids is 1. The van der Waals surface area contributed by atoms with Crippen LogP contribution in [0.2, 0.25) is 5.02 Å². The van der Waals surface area contributed by atoms with Gasteiger partial charge >= 0.3 is 0 Å². The molecular formula is C18H20ClNO3. The van der Waals surface area contributed by atoms with Gasteiger partial charge in [0.25, 0.3) is 5.91 Å². The first-order chi connectivity index (χ1) is 11.2. The Morgan fingerprint density at radius 2 is 1.83 bits per heavy atom. The second-order valence-corrected chi connectivity index (χ2v) is 6.10. The molecule has 2 heterocycles. The molecule has 2 aromatic rings. The van der Waals surface area contributed by atoms with E-state index in [1.54, 1.807) is 24.3 Å². The van der Waals surface area contributed by atoms with E-state index in [2.05, 4.69) is 0 Å². The van der Waals surface area contributed by atoms with Crippen LogP contribution in [-0.4, -0.2) is 23.9 Å². The first-order valence-electron chi connectivity index (χ1n) is 7.99. The van der Waals surface area contributed by atoms with E-state index in [0.29, 0.717) is 22.3 Å². The highest BCUT2D eigenvalue weighted by atomic mass is 35.5. The Bertz CT molecular complexity index is 660. The average Bonchev–Trinajstić information content (AvgIpc) is 2.87. The number of halogens is 1. The molecule has 1 saturated heterocycles. The molecule has 1 aliphatic rings.